The standard InChI is InChI=1S/C19H37N5O3/c1-6-20-17(21-11-15(2)12-23-7-9-26-10-8-23)22-16-13-24(14-16)18(25)27-19(3,4)5/h15-16H,6-14H2,1-5H3,(H2,20,21,22). The van der Waals surface area contributed by atoms with Crippen molar-refractivity contribution in [1.29, 1.82) is 0 Å². The van der Waals surface area contributed by atoms with Crippen LogP contribution in [-0.4, -0.2) is 92.5 Å². The number of nitrogens with zero attached hydrogens (tertiary/aromatic N) is 3. The average molecular weight is 384 g/mol. The number of hydrogen-bond acceptors (Lipinski definition) is 5. The van der Waals surface area contributed by atoms with Gasteiger partial charge in [0.15, 0.2) is 5.96 Å². The van der Waals surface area contributed by atoms with E-state index >= 15 is 0 Å². The molecule has 0 radical (unpaired) electrons. The molecular formula is C19H37N5O3. The molecule has 8 nitrogen and oxygen atoms in total. The molecule has 1 amide bonds. The van der Waals surface area contributed by atoms with Gasteiger partial charge < -0.3 is 25.0 Å². The van der Waals surface area contributed by atoms with Gasteiger partial charge >= 0.3 is 6.09 Å². The Bertz CT molecular complexity index is 494. The molecule has 2 N–H and O–H groups in total. The number of carbonyl (C=O) groups excluding carboxylic acids is 1. The van der Waals surface area contributed by atoms with Crippen LogP contribution in [0.3, 0.4) is 0 Å². The minimum Gasteiger partial charge on any atom is -0.444 e. The third kappa shape index (κ3) is 7.92. The molecule has 156 valence electrons. The van der Waals surface area contributed by atoms with E-state index in [1.54, 1.807) is 4.90 Å². The van der Waals surface area contributed by atoms with Crippen LogP contribution in [-0.2, 0) is 9.47 Å². The molecule has 0 aliphatic carbocycles. The Kier molecular flexibility index (Phi) is 8.16. The molecule has 27 heavy (non-hydrogen) atoms. The minimum absolute atomic E-state index is 0.213. The summed E-state index contributed by atoms with van der Waals surface area (Å²) in [5, 5.41) is 6.71. The number of amides is 1. The van der Waals surface area contributed by atoms with Crippen LogP contribution in [0.2, 0.25) is 0 Å². The summed E-state index contributed by atoms with van der Waals surface area (Å²) in [6, 6.07) is 0.213. The first-order valence-corrected chi connectivity index (χ1v) is 10.1. The van der Waals surface area contributed by atoms with Crippen molar-refractivity contribution in [3.8, 4) is 0 Å². The summed E-state index contributed by atoms with van der Waals surface area (Å²) in [4.78, 5) is 20.9. The van der Waals surface area contributed by atoms with Crippen LogP contribution in [0.4, 0.5) is 4.79 Å². The summed E-state index contributed by atoms with van der Waals surface area (Å²) in [5.41, 5.74) is -0.456. The van der Waals surface area contributed by atoms with Crippen LogP contribution in [0.25, 0.3) is 0 Å². The van der Waals surface area contributed by atoms with Crippen molar-refractivity contribution in [3.63, 3.8) is 0 Å². The molecule has 0 aromatic heterocycles. The third-order valence-electron chi connectivity index (χ3n) is 4.45. The Balaban J connectivity index is 1.73. The van der Waals surface area contributed by atoms with Crippen LogP contribution in [0.15, 0.2) is 4.99 Å². The van der Waals surface area contributed by atoms with E-state index in [4.69, 9.17) is 14.5 Å². The fourth-order valence-corrected chi connectivity index (χ4v) is 3.09. The van der Waals surface area contributed by atoms with E-state index < -0.39 is 5.60 Å². The first-order chi connectivity index (χ1) is 12.8. The van der Waals surface area contributed by atoms with Crippen molar-refractivity contribution in [2.75, 3.05) is 59.0 Å². The lowest BCUT2D eigenvalue weighted by molar-refractivity contribution is 0.00700. The second kappa shape index (κ2) is 10.1. The van der Waals surface area contributed by atoms with Gasteiger partial charge in [-0.2, -0.15) is 0 Å². The van der Waals surface area contributed by atoms with E-state index in [2.05, 4.69) is 29.4 Å². The molecule has 0 spiro atoms. The monoisotopic (exact) mass is 383 g/mol. The highest BCUT2D eigenvalue weighted by molar-refractivity contribution is 5.80. The van der Waals surface area contributed by atoms with Gasteiger partial charge in [0.25, 0.3) is 0 Å². The number of rotatable bonds is 6. The summed E-state index contributed by atoms with van der Waals surface area (Å²) < 4.78 is 10.8. The predicted octanol–water partition coefficient (Wildman–Crippen LogP) is 1.13. The number of likely N-dealkylation sites (tertiary alicyclic amines) is 1. The van der Waals surface area contributed by atoms with Crippen molar-refractivity contribution in [3.05, 3.63) is 0 Å². The number of guanidine groups is 1. The topological polar surface area (TPSA) is 78.4 Å². The molecule has 0 bridgehead atoms. The van der Waals surface area contributed by atoms with Gasteiger partial charge in [-0.25, -0.2) is 4.79 Å². The molecule has 2 aliphatic rings. The Morgan fingerprint density at radius 1 is 1.30 bits per heavy atom. The third-order valence-corrected chi connectivity index (χ3v) is 4.45. The lowest BCUT2D eigenvalue weighted by Crippen LogP contribution is -2.63. The molecule has 1 unspecified atom stereocenters. The van der Waals surface area contributed by atoms with Crippen LogP contribution in [0.5, 0.6) is 0 Å². The molecular weight excluding hydrogens is 346 g/mol. The van der Waals surface area contributed by atoms with E-state index in [-0.39, 0.29) is 12.1 Å². The van der Waals surface area contributed by atoms with Gasteiger partial charge in [0.05, 0.1) is 19.3 Å². The smallest absolute Gasteiger partial charge is 0.410 e. The quantitative estimate of drug-likeness (QED) is 0.529. The zero-order chi connectivity index (χ0) is 19.9. The molecule has 2 fully saturated rings. The summed E-state index contributed by atoms with van der Waals surface area (Å²) in [7, 11) is 0. The van der Waals surface area contributed by atoms with Crippen LogP contribution < -0.4 is 10.6 Å². The van der Waals surface area contributed by atoms with Crippen molar-refractivity contribution >= 4 is 12.1 Å². The molecule has 0 aromatic rings. The number of morpholine rings is 1. The summed E-state index contributed by atoms with van der Waals surface area (Å²) in [5.74, 6) is 1.30. The SMILES string of the molecule is CCNC(=NCC(C)CN1CCOCC1)NC1CN(C(=O)OC(C)(C)C)C1. The maximum Gasteiger partial charge on any atom is 0.410 e. The van der Waals surface area contributed by atoms with Gasteiger partial charge in [-0.15, -0.1) is 0 Å². The zero-order valence-corrected chi connectivity index (χ0v) is 17.6. The predicted molar refractivity (Wildman–Crippen MR) is 107 cm³/mol. The van der Waals surface area contributed by atoms with Gasteiger partial charge in [0, 0.05) is 45.8 Å². The van der Waals surface area contributed by atoms with E-state index in [1.165, 1.54) is 0 Å². The van der Waals surface area contributed by atoms with Crippen LogP contribution in [0.1, 0.15) is 34.6 Å². The summed E-state index contributed by atoms with van der Waals surface area (Å²) in [6.45, 7) is 17.5. The lowest BCUT2D eigenvalue weighted by atomic mass is 10.1. The van der Waals surface area contributed by atoms with E-state index in [1.807, 2.05) is 20.8 Å². The summed E-state index contributed by atoms with van der Waals surface area (Å²) >= 11 is 0. The van der Waals surface area contributed by atoms with Gasteiger partial charge in [0.2, 0.25) is 0 Å². The molecule has 2 saturated heterocycles. The van der Waals surface area contributed by atoms with Crippen molar-refractivity contribution in [2.24, 2.45) is 10.9 Å². The van der Waals surface area contributed by atoms with E-state index in [9.17, 15) is 4.79 Å². The Morgan fingerprint density at radius 2 is 1.96 bits per heavy atom. The van der Waals surface area contributed by atoms with Gasteiger partial charge in [0.1, 0.15) is 5.60 Å². The molecule has 0 saturated carbocycles. The first-order valence-electron chi connectivity index (χ1n) is 10.1. The molecule has 2 aliphatic heterocycles. The Morgan fingerprint density at radius 3 is 2.56 bits per heavy atom. The minimum atomic E-state index is -0.456. The number of hydrogen-bond donors (Lipinski definition) is 2. The number of ether oxygens (including phenoxy) is 2. The number of nitrogens with one attached hydrogen (secondary N) is 2. The molecule has 0 aromatic carbocycles. The molecule has 1 atom stereocenters. The van der Waals surface area contributed by atoms with Gasteiger partial charge in [-0.3, -0.25) is 9.89 Å². The van der Waals surface area contributed by atoms with Crippen molar-refractivity contribution < 1.29 is 14.3 Å². The van der Waals surface area contributed by atoms with Gasteiger partial charge in [-0.05, 0) is 33.6 Å². The number of carbonyl (C=O) groups is 1. The summed E-state index contributed by atoms with van der Waals surface area (Å²) in [6.07, 6.45) is -0.248. The highest BCUT2D eigenvalue weighted by atomic mass is 16.6. The van der Waals surface area contributed by atoms with Crippen LogP contribution in [0, 0.1) is 5.92 Å². The Hall–Kier alpha value is -1.54. The highest BCUT2D eigenvalue weighted by Crippen LogP contribution is 2.15. The molecule has 2 rings (SSSR count). The maximum atomic E-state index is 12.0. The zero-order valence-electron chi connectivity index (χ0n) is 17.6. The van der Waals surface area contributed by atoms with Crippen LogP contribution >= 0.6 is 0 Å². The lowest BCUT2D eigenvalue weighted by Gasteiger charge is -2.40. The fraction of sp³-hybridized carbons (Fsp3) is 0.895. The average Bonchev–Trinajstić information content (AvgIpc) is 2.54. The first kappa shape index (κ1) is 21.8. The highest BCUT2D eigenvalue weighted by Gasteiger charge is 2.34. The van der Waals surface area contributed by atoms with Crippen molar-refractivity contribution in [2.45, 2.75) is 46.3 Å². The largest absolute Gasteiger partial charge is 0.444 e. The molecule has 8 heteroatoms. The maximum absolute atomic E-state index is 12.0. The number of aliphatic imine (C=N–C) groups is 1. The van der Waals surface area contributed by atoms with Gasteiger partial charge in [-0.1, -0.05) is 6.92 Å². The van der Waals surface area contributed by atoms with E-state index in [0.717, 1.165) is 51.9 Å². The van der Waals surface area contributed by atoms with E-state index in [0.29, 0.717) is 19.0 Å². The Labute approximate surface area is 163 Å². The second-order valence-corrected chi connectivity index (χ2v) is 8.46. The normalized spacial score (nSPS) is 20.8. The van der Waals surface area contributed by atoms with Crippen molar-refractivity contribution in [1.82, 2.24) is 20.4 Å². The fourth-order valence-electron chi connectivity index (χ4n) is 3.09. The molecule has 2 heterocycles. The second-order valence-electron chi connectivity index (χ2n) is 8.46.